The smallest absolute Gasteiger partial charge is 0.256 e. The average molecular weight is 474 g/mol. The Labute approximate surface area is 195 Å². The zero-order chi connectivity index (χ0) is 23.6. The number of aliphatic hydroxyl groups is 1. The number of ether oxygens (including phenoxy) is 2. The van der Waals surface area contributed by atoms with Gasteiger partial charge in [0.15, 0.2) is 11.5 Å². The van der Waals surface area contributed by atoms with E-state index in [0.29, 0.717) is 46.5 Å². The fourth-order valence-corrected chi connectivity index (χ4v) is 3.57. The van der Waals surface area contributed by atoms with Gasteiger partial charge in [-0.3, -0.25) is 9.78 Å². The maximum absolute atomic E-state index is 12.3. The highest BCUT2D eigenvalue weighted by atomic mass is 35.5. The molecule has 0 spiro atoms. The average Bonchev–Trinajstić information content (AvgIpc) is 3.53. The molecule has 4 rings (SSSR count). The van der Waals surface area contributed by atoms with Crippen LogP contribution < -0.4 is 10.6 Å². The first-order valence-electron chi connectivity index (χ1n) is 10.3. The van der Waals surface area contributed by atoms with Crippen molar-refractivity contribution in [2.75, 3.05) is 17.7 Å². The Morgan fingerprint density at radius 1 is 1.30 bits per heavy atom. The van der Waals surface area contributed by atoms with Gasteiger partial charge in [0.2, 0.25) is 6.41 Å². The predicted molar refractivity (Wildman–Crippen MR) is 120 cm³/mol. The lowest BCUT2D eigenvalue weighted by molar-refractivity contribution is -0.128. The minimum atomic E-state index is -1.38. The first-order chi connectivity index (χ1) is 15.8. The molecule has 1 saturated carbocycles. The van der Waals surface area contributed by atoms with Gasteiger partial charge in [-0.05, 0) is 38.0 Å². The first kappa shape index (κ1) is 23.1. The van der Waals surface area contributed by atoms with Crippen LogP contribution in [0.3, 0.4) is 0 Å². The first-order valence-corrected chi connectivity index (χ1v) is 10.6. The minimum absolute atomic E-state index is 0.190. The molecule has 1 amide bonds. The van der Waals surface area contributed by atoms with E-state index in [0.717, 1.165) is 0 Å². The number of aliphatic hydroxyl groups excluding tert-OH is 1. The van der Waals surface area contributed by atoms with Gasteiger partial charge >= 0.3 is 0 Å². The molecule has 174 valence electrons. The molecule has 1 aliphatic rings. The third-order valence-corrected chi connectivity index (χ3v) is 5.73. The molecule has 1 fully saturated rings. The number of pyridine rings is 2. The maximum Gasteiger partial charge on any atom is 0.256 e. The van der Waals surface area contributed by atoms with Crippen LogP contribution in [0, 0.1) is 0 Å². The van der Waals surface area contributed by atoms with Gasteiger partial charge in [-0.15, -0.1) is 5.10 Å². The van der Waals surface area contributed by atoms with Gasteiger partial charge in [-0.25, -0.2) is 9.67 Å². The monoisotopic (exact) mass is 473 g/mol. The molecule has 0 saturated heterocycles. The van der Waals surface area contributed by atoms with Gasteiger partial charge in [-0.1, -0.05) is 22.9 Å². The SMILES string of the molecule is COC1(C(=O)Nc2ccc(-c3nnn(C)c3NC(O)O[C@H](C)c3cccnc3Cl)nc2)CC1. The Morgan fingerprint density at radius 2 is 2.09 bits per heavy atom. The molecule has 2 atom stereocenters. The van der Waals surface area contributed by atoms with Crippen LogP contribution in [0.15, 0.2) is 36.7 Å². The van der Waals surface area contributed by atoms with Crippen LogP contribution in [0.2, 0.25) is 5.15 Å². The van der Waals surface area contributed by atoms with Crippen molar-refractivity contribution in [1.82, 2.24) is 25.0 Å². The number of carbonyl (C=O) groups excluding carboxylic acids is 1. The van der Waals surface area contributed by atoms with E-state index in [2.05, 4.69) is 30.9 Å². The van der Waals surface area contributed by atoms with E-state index in [-0.39, 0.29) is 5.91 Å². The van der Waals surface area contributed by atoms with Crippen LogP contribution in [-0.4, -0.2) is 55.1 Å². The molecule has 11 nitrogen and oxygen atoms in total. The van der Waals surface area contributed by atoms with E-state index in [1.165, 1.54) is 18.0 Å². The number of carbonyl (C=O) groups is 1. The second kappa shape index (κ2) is 9.40. The molecule has 33 heavy (non-hydrogen) atoms. The number of aryl methyl sites for hydroxylation is 1. The quantitative estimate of drug-likeness (QED) is 0.316. The number of methoxy groups -OCH3 is 1. The second-order valence-corrected chi connectivity index (χ2v) is 8.01. The molecule has 1 aliphatic carbocycles. The van der Waals surface area contributed by atoms with Crippen LogP contribution in [0.1, 0.15) is 31.4 Å². The van der Waals surface area contributed by atoms with Crippen molar-refractivity contribution in [1.29, 1.82) is 0 Å². The van der Waals surface area contributed by atoms with E-state index in [4.69, 9.17) is 21.1 Å². The van der Waals surface area contributed by atoms with Crippen molar-refractivity contribution in [3.05, 3.63) is 47.4 Å². The molecule has 0 radical (unpaired) electrons. The van der Waals surface area contributed by atoms with Gasteiger partial charge in [0.05, 0.1) is 23.7 Å². The van der Waals surface area contributed by atoms with Crippen LogP contribution >= 0.6 is 11.6 Å². The summed E-state index contributed by atoms with van der Waals surface area (Å²) in [5.41, 5.74) is 1.35. The second-order valence-electron chi connectivity index (χ2n) is 7.65. The number of rotatable bonds is 9. The van der Waals surface area contributed by atoms with Crippen molar-refractivity contribution in [3.8, 4) is 11.4 Å². The molecule has 3 heterocycles. The van der Waals surface area contributed by atoms with Crippen molar-refractivity contribution < 1.29 is 19.4 Å². The summed E-state index contributed by atoms with van der Waals surface area (Å²) >= 11 is 6.10. The van der Waals surface area contributed by atoms with Crippen LogP contribution in [0.5, 0.6) is 0 Å². The number of nitrogens with one attached hydrogen (secondary N) is 2. The Balaban J connectivity index is 1.44. The zero-order valence-corrected chi connectivity index (χ0v) is 19.1. The number of hydrogen-bond donors (Lipinski definition) is 3. The molecule has 0 aliphatic heterocycles. The lowest BCUT2D eigenvalue weighted by atomic mass is 10.2. The topological polar surface area (TPSA) is 136 Å². The molecule has 3 N–H and O–H groups in total. The third-order valence-electron chi connectivity index (χ3n) is 5.42. The lowest BCUT2D eigenvalue weighted by Gasteiger charge is -2.20. The summed E-state index contributed by atoms with van der Waals surface area (Å²) in [6.45, 7) is 1.75. The Bertz CT molecular complexity index is 1130. The van der Waals surface area contributed by atoms with Crippen LogP contribution in [0.4, 0.5) is 11.5 Å². The summed E-state index contributed by atoms with van der Waals surface area (Å²) in [5.74, 6) is 0.206. The van der Waals surface area contributed by atoms with Crippen molar-refractivity contribution in [2.24, 2.45) is 7.05 Å². The molecule has 3 aromatic heterocycles. The van der Waals surface area contributed by atoms with E-state index in [9.17, 15) is 9.90 Å². The van der Waals surface area contributed by atoms with E-state index >= 15 is 0 Å². The highest BCUT2D eigenvalue weighted by Gasteiger charge is 2.50. The van der Waals surface area contributed by atoms with Crippen LogP contribution in [0.25, 0.3) is 11.4 Å². The zero-order valence-electron chi connectivity index (χ0n) is 18.3. The van der Waals surface area contributed by atoms with Crippen molar-refractivity contribution in [2.45, 2.75) is 37.9 Å². The molecule has 0 bridgehead atoms. The Kier molecular flexibility index (Phi) is 6.56. The Hall–Kier alpha value is -3.12. The van der Waals surface area contributed by atoms with Gasteiger partial charge in [-0.2, -0.15) is 0 Å². The van der Waals surface area contributed by atoms with Crippen LogP contribution in [-0.2, 0) is 21.3 Å². The minimum Gasteiger partial charge on any atom is -0.368 e. The molecular formula is C21H24ClN7O4. The fourth-order valence-electron chi connectivity index (χ4n) is 3.30. The molecule has 12 heteroatoms. The van der Waals surface area contributed by atoms with Crippen molar-refractivity contribution >= 4 is 29.0 Å². The molecule has 3 aromatic rings. The number of nitrogens with zero attached hydrogens (tertiary/aromatic N) is 5. The van der Waals surface area contributed by atoms with E-state index < -0.39 is 18.1 Å². The highest BCUT2D eigenvalue weighted by Crippen LogP contribution is 2.39. The van der Waals surface area contributed by atoms with Crippen molar-refractivity contribution in [3.63, 3.8) is 0 Å². The van der Waals surface area contributed by atoms with Gasteiger partial charge in [0.1, 0.15) is 10.8 Å². The maximum atomic E-state index is 12.3. The number of amides is 1. The standard InChI is InChI=1S/C21H24ClN7O4/c1-12(14-5-4-10-23-17(14)22)33-20(31)26-18-16(27-28-29(18)2)15-7-6-13(11-24-15)25-19(30)21(32-3)8-9-21/h4-7,10-12,20,26,31H,8-9H2,1-3H3,(H,25,30)/t12-,20?/m1/s1. The largest absolute Gasteiger partial charge is 0.368 e. The van der Waals surface area contributed by atoms with E-state index in [1.54, 1.807) is 44.4 Å². The third kappa shape index (κ3) is 4.96. The van der Waals surface area contributed by atoms with Gasteiger partial charge in [0.25, 0.3) is 5.91 Å². The number of anilines is 2. The number of halogens is 1. The number of aromatic nitrogens is 5. The summed E-state index contributed by atoms with van der Waals surface area (Å²) in [5, 5.41) is 24.5. The highest BCUT2D eigenvalue weighted by molar-refractivity contribution is 6.30. The Morgan fingerprint density at radius 3 is 2.73 bits per heavy atom. The summed E-state index contributed by atoms with van der Waals surface area (Å²) < 4.78 is 12.4. The molecule has 1 unspecified atom stereocenters. The lowest BCUT2D eigenvalue weighted by Crippen LogP contribution is -2.31. The molecular weight excluding hydrogens is 450 g/mol. The molecule has 0 aromatic carbocycles. The number of hydrogen-bond acceptors (Lipinski definition) is 9. The normalized spacial score (nSPS) is 16.2. The van der Waals surface area contributed by atoms with Gasteiger partial charge < -0.3 is 25.2 Å². The summed E-state index contributed by atoms with van der Waals surface area (Å²) in [7, 11) is 3.20. The summed E-state index contributed by atoms with van der Waals surface area (Å²) in [4.78, 5) is 20.7. The summed E-state index contributed by atoms with van der Waals surface area (Å²) in [6.07, 6.45) is 2.59. The van der Waals surface area contributed by atoms with E-state index in [1.807, 2.05) is 0 Å². The predicted octanol–water partition coefficient (Wildman–Crippen LogP) is 2.51. The fraction of sp³-hybridized carbons (Fsp3) is 0.381. The summed E-state index contributed by atoms with van der Waals surface area (Å²) in [6, 6.07) is 6.92. The van der Waals surface area contributed by atoms with Gasteiger partial charge in [0, 0.05) is 25.9 Å².